The summed E-state index contributed by atoms with van der Waals surface area (Å²) < 4.78 is 0. The summed E-state index contributed by atoms with van der Waals surface area (Å²) in [6, 6.07) is 1.70. The van der Waals surface area contributed by atoms with E-state index in [1.165, 1.54) is 6.33 Å². The molecule has 0 atom stereocenters. The predicted molar refractivity (Wildman–Crippen MR) is 68.3 cm³/mol. The number of rotatable bonds is 4. The zero-order chi connectivity index (χ0) is 13.0. The molecule has 18 heavy (non-hydrogen) atoms. The van der Waals surface area contributed by atoms with E-state index in [0.29, 0.717) is 24.6 Å². The number of nitrogens with zero attached hydrogens (tertiary/aromatic N) is 2. The summed E-state index contributed by atoms with van der Waals surface area (Å²) in [4.78, 5) is 19.5. The second-order valence-electron chi connectivity index (χ2n) is 4.96. The van der Waals surface area contributed by atoms with Crippen LogP contribution >= 0.6 is 0 Å². The summed E-state index contributed by atoms with van der Waals surface area (Å²) in [5.74, 6) is 0.461. The summed E-state index contributed by atoms with van der Waals surface area (Å²) in [5.41, 5.74) is -0.861. The van der Waals surface area contributed by atoms with Crippen LogP contribution in [0.1, 0.15) is 39.0 Å². The fourth-order valence-electron chi connectivity index (χ4n) is 2.58. The number of hydrogen-bond acceptors (Lipinski definition) is 4. The number of carbonyl (C=O) groups is 1. The fraction of sp³-hybridized carbons (Fsp3) is 0.615. The smallest absolute Gasteiger partial charge is 0.329 e. The Kier molecular flexibility index (Phi) is 3.79. The SMILES string of the molecule is CCC1CCC(Nc2ccncn2)(C(=O)O)CC1. The van der Waals surface area contributed by atoms with Crippen molar-refractivity contribution in [1.29, 1.82) is 0 Å². The third-order valence-corrected chi connectivity index (χ3v) is 3.89. The summed E-state index contributed by atoms with van der Waals surface area (Å²) in [7, 11) is 0. The van der Waals surface area contributed by atoms with Crippen LogP contribution in [-0.2, 0) is 4.79 Å². The molecule has 98 valence electrons. The monoisotopic (exact) mass is 249 g/mol. The number of hydrogen-bond donors (Lipinski definition) is 2. The van der Waals surface area contributed by atoms with E-state index in [1.54, 1.807) is 12.3 Å². The van der Waals surface area contributed by atoms with Gasteiger partial charge >= 0.3 is 5.97 Å². The van der Waals surface area contributed by atoms with E-state index in [4.69, 9.17) is 0 Å². The van der Waals surface area contributed by atoms with Gasteiger partial charge in [-0.2, -0.15) is 0 Å². The molecule has 1 aliphatic rings. The zero-order valence-electron chi connectivity index (χ0n) is 10.6. The Balaban J connectivity index is 2.12. The Hall–Kier alpha value is -1.65. The van der Waals surface area contributed by atoms with E-state index in [9.17, 15) is 9.90 Å². The van der Waals surface area contributed by atoms with Crippen LogP contribution in [0.2, 0.25) is 0 Å². The van der Waals surface area contributed by atoms with Crippen molar-refractivity contribution in [2.75, 3.05) is 5.32 Å². The van der Waals surface area contributed by atoms with Crippen LogP contribution in [0.3, 0.4) is 0 Å². The van der Waals surface area contributed by atoms with E-state index in [2.05, 4.69) is 22.2 Å². The molecule has 5 heteroatoms. The van der Waals surface area contributed by atoms with Gasteiger partial charge in [-0.15, -0.1) is 0 Å². The highest BCUT2D eigenvalue weighted by Gasteiger charge is 2.41. The molecule has 1 fully saturated rings. The van der Waals surface area contributed by atoms with Crippen LogP contribution in [0.4, 0.5) is 5.82 Å². The largest absolute Gasteiger partial charge is 0.480 e. The van der Waals surface area contributed by atoms with Crippen molar-refractivity contribution in [2.45, 2.75) is 44.6 Å². The van der Waals surface area contributed by atoms with Crippen molar-refractivity contribution in [3.63, 3.8) is 0 Å². The molecule has 0 bridgehead atoms. The lowest BCUT2D eigenvalue weighted by atomic mass is 9.75. The van der Waals surface area contributed by atoms with Gasteiger partial charge in [0.2, 0.25) is 0 Å². The second kappa shape index (κ2) is 5.33. The van der Waals surface area contributed by atoms with Gasteiger partial charge in [0.1, 0.15) is 17.7 Å². The van der Waals surface area contributed by atoms with Gasteiger partial charge in [-0.25, -0.2) is 14.8 Å². The Morgan fingerprint density at radius 2 is 2.28 bits per heavy atom. The molecule has 0 amide bonds. The van der Waals surface area contributed by atoms with Gasteiger partial charge in [-0.1, -0.05) is 13.3 Å². The van der Waals surface area contributed by atoms with E-state index < -0.39 is 11.5 Å². The van der Waals surface area contributed by atoms with Crippen molar-refractivity contribution in [1.82, 2.24) is 9.97 Å². The van der Waals surface area contributed by atoms with E-state index in [0.717, 1.165) is 19.3 Å². The van der Waals surface area contributed by atoms with Crippen LogP contribution in [0.25, 0.3) is 0 Å². The Morgan fingerprint density at radius 3 is 2.78 bits per heavy atom. The minimum absolute atomic E-state index is 0.586. The highest BCUT2D eigenvalue weighted by atomic mass is 16.4. The van der Waals surface area contributed by atoms with Crippen LogP contribution in [0.5, 0.6) is 0 Å². The maximum Gasteiger partial charge on any atom is 0.329 e. The van der Waals surface area contributed by atoms with Crippen LogP contribution in [0, 0.1) is 5.92 Å². The molecule has 1 heterocycles. The average Bonchev–Trinajstić information content (AvgIpc) is 2.40. The number of anilines is 1. The molecule has 1 aromatic heterocycles. The molecule has 0 unspecified atom stereocenters. The van der Waals surface area contributed by atoms with Gasteiger partial charge in [-0.3, -0.25) is 0 Å². The lowest BCUT2D eigenvalue weighted by molar-refractivity contribution is -0.143. The highest BCUT2D eigenvalue weighted by molar-refractivity contribution is 5.82. The third kappa shape index (κ3) is 2.60. The number of nitrogens with one attached hydrogen (secondary N) is 1. The van der Waals surface area contributed by atoms with Crippen molar-refractivity contribution in [2.24, 2.45) is 5.92 Å². The highest BCUT2D eigenvalue weighted by Crippen LogP contribution is 2.35. The molecule has 2 rings (SSSR count). The molecule has 5 nitrogen and oxygen atoms in total. The molecular formula is C13H19N3O2. The van der Waals surface area contributed by atoms with Gasteiger partial charge in [0.05, 0.1) is 0 Å². The van der Waals surface area contributed by atoms with E-state index >= 15 is 0 Å². The molecule has 0 spiro atoms. The molecule has 2 N–H and O–H groups in total. The van der Waals surface area contributed by atoms with Crippen molar-refractivity contribution >= 4 is 11.8 Å². The first kappa shape index (κ1) is 12.8. The fourth-order valence-corrected chi connectivity index (χ4v) is 2.58. The molecule has 0 aromatic carbocycles. The van der Waals surface area contributed by atoms with Crippen molar-refractivity contribution < 1.29 is 9.90 Å². The Labute approximate surface area is 107 Å². The topological polar surface area (TPSA) is 75.1 Å². The van der Waals surface area contributed by atoms with Crippen molar-refractivity contribution in [3.05, 3.63) is 18.6 Å². The first-order chi connectivity index (χ1) is 8.66. The number of carboxylic acid groups (broad SMARTS) is 1. The minimum atomic E-state index is -0.861. The summed E-state index contributed by atoms with van der Waals surface area (Å²) in [5, 5.41) is 12.6. The van der Waals surface area contributed by atoms with Crippen LogP contribution < -0.4 is 5.32 Å². The standard InChI is InChI=1S/C13H19N3O2/c1-2-10-3-6-13(7-4-10,12(17)18)16-11-5-8-14-9-15-11/h5,8-10H,2-4,6-7H2,1H3,(H,17,18)(H,14,15,16). The van der Waals surface area contributed by atoms with Gasteiger partial charge in [0, 0.05) is 6.20 Å². The second-order valence-corrected chi connectivity index (χ2v) is 4.96. The quantitative estimate of drug-likeness (QED) is 0.856. The minimum Gasteiger partial charge on any atom is -0.480 e. The summed E-state index contributed by atoms with van der Waals surface area (Å²) in [6.45, 7) is 2.16. The molecule has 1 saturated carbocycles. The lowest BCUT2D eigenvalue weighted by Crippen LogP contribution is -2.49. The zero-order valence-corrected chi connectivity index (χ0v) is 10.6. The normalized spacial score (nSPS) is 27.7. The third-order valence-electron chi connectivity index (χ3n) is 3.89. The first-order valence-corrected chi connectivity index (χ1v) is 6.44. The summed E-state index contributed by atoms with van der Waals surface area (Å²) in [6.07, 6.45) is 7.40. The predicted octanol–water partition coefficient (Wildman–Crippen LogP) is 2.31. The number of aliphatic carboxylic acids is 1. The average molecular weight is 249 g/mol. The molecule has 1 aromatic rings. The lowest BCUT2D eigenvalue weighted by Gasteiger charge is -2.37. The maximum atomic E-state index is 11.6. The number of carboxylic acids is 1. The van der Waals surface area contributed by atoms with E-state index in [-0.39, 0.29) is 0 Å². The number of aromatic nitrogens is 2. The van der Waals surface area contributed by atoms with Gasteiger partial charge in [0.15, 0.2) is 0 Å². The molecular weight excluding hydrogens is 230 g/mol. The molecule has 0 saturated heterocycles. The van der Waals surface area contributed by atoms with Gasteiger partial charge < -0.3 is 10.4 Å². The van der Waals surface area contributed by atoms with Crippen LogP contribution in [-0.4, -0.2) is 26.6 Å². The van der Waals surface area contributed by atoms with Crippen LogP contribution in [0.15, 0.2) is 18.6 Å². The first-order valence-electron chi connectivity index (χ1n) is 6.44. The summed E-state index contributed by atoms with van der Waals surface area (Å²) >= 11 is 0. The Morgan fingerprint density at radius 1 is 1.56 bits per heavy atom. The Bertz CT molecular complexity index is 400. The van der Waals surface area contributed by atoms with Gasteiger partial charge in [-0.05, 0) is 37.7 Å². The molecule has 0 aliphatic heterocycles. The molecule has 0 radical (unpaired) electrons. The molecule has 1 aliphatic carbocycles. The van der Waals surface area contributed by atoms with Gasteiger partial charge in [0.25, 0.3) is 0 Å². The van der Waals surface area contributed by atoms with Crippen molar-refractivity contribution in [3.8, 4) is 0 Å². The van der Waals surface area contributed by atoms with E-state index in [1.807, 2.05) is 0 Å². The maximum absolute atomic E-state index is 11.6.